The van der Waals surface area contributed by atoms with Crippen LogP contribution in [0.1, 0.15) is 18.4 Å². The van der Waals surface area contributed by atoms with Crippen molar-refractivity contribution in [3.8, 4) is 0 Å². The van der Waals surface area contributed by atoms with E-state index in [1.807, 2.05) is 11.0 Å². The van der Waals surface area contributed by atoms with Crippen molar-refractivity contribution < 1.29 is 9.90 Å². The van der Waals surface area contributed by atoms with E-state index in [4.69, 9.17) is 0 Å². The van der Waals surface area contributed by atoms with Crippen LogP contribution in [0.4, 0.5) is 0 Å². The Morgan fingerprint density at radius 1 is 1.18 bits per heavy atom. The fraction of sp³-hybridized carbons (Fsp3) is 0.588. The molecular weight excluding hydrogens is 278 g/mol. The fourth-order valence-electron chi connectivity index (χ4n) is 3.32. The van der Waals surface area contributed by atoms with Gasteiger partial charge >= 0.3 is 0 Å². The molecule has 2 aliphatic heterocycles. The van der Waals surface area contributed by atoms with Gasteiger partial charge < -0.3 is 15.3 Å². The summed E-state index contributed by atoms with van der Waals surface area (Å²) in [5.74, 6) is 0.151. The van der Waals surface area contributed by atoms with Gasteiger partial charge in [-0.15, -0.1) is 0 Å². The molecule has 2 heterocycles. The molecule has 120 valence electrons. The maximum Gasteiger partial charge on any atom is 0.239 e. The SMILES string of the molecule is O=C(C1CC(O)CN1)N1CCCN(Cc2ccccc2)CC1. The number of benzene rings is 1. The Bertz CT molecular complexity index is 494. The Labute approximate surface area is 131 Å². The molecule has 1 aromatic rings. The Morgan fingerprint density at radius 3 is 2.73 bits per heavy atom. The van der Waals surface area contributed by atoms with Crippen LogP contribution in [0.25, 0.3) is 0 Å². The van der Waals surface area contributed by atoms with Crippen LogP contribution in [0.5, 0.6) is 0 Å². The van der Waals surface area contributed by atoms with Crippen molar-refractivity contribution in [1.82, 2.24) is 15.1 Å². The van der Waals surface area contributed by atoms with Crippen molar-refractivity contribution in [2.24, 2.45) is 0 Å². The maximum absolute atomic E-state index is 12.5. The second kappa shape index (κ2) is 7.22. The monoisotopic (exact) mass is 303 g/mol. The lowest BCUT2D eigenvalue weighted by atomic mass is 10.2. The van der Waals surface area contributed by atoms with Gasteiger partial charge in [0.2, 0.25) is 5.91 Å². The highest BCUT2D eigenvalue weighted by atomic mass is 16.3. The van der Waals surface area contributed by atoms with E-state index >= 15 is 0 Å². The first-order valence-electron chi connectivity index (χ1n) is 8.19. The van der Waals surface area contributed by atoms with E-state index in [1.165, 1.54) is 5.56 Å². The number of nitrogens with zero attached hydrogens (tertiary/aromatic N) is 2. The van der Waals surface area contributed by atoms with E-state index in [1.54, 1.807) is 0 Å². The van der Waals surface area contributed by atoms with Gasteiger partial charge in [-0.2, -0.15) is 0 Å². The second-order valence-corrected chi connectivity index (χ2v) is 6.29. The standard InChI is InChI=1S/C17H25N3O2/c21-15-11-16(18-12-15)17(22)20-8-4-7-19(9-10-20)13-14-5-2-1-3-6-14/h1-3,5-6,15-16,18,21H,4,7-13H2. The van der Waals surface area contributed by atoms with Gasteiger partial charge in [-0.05, 0) is 18.4 Å². The molecule has 1 amide bonds. The van der Waals surface area contributed by atoms with Crippen LogP contribution in [0.15, 0.2) is 30.3 Å². The summed E-state index contributed by atoms with van der Waals surface area (Å²) < 4.78 is 0. The summed E-state index contributed by atoms with van der Waals surface area (Å²) in [6.07, 6.45) is 1.17. The molecule has 2 saturated heterocycles. The summed E-state index contributed by atoms with van der Waals surface area (Å²) in [6, 6.07) is 10.3. The van der Waals surface area contributed by atoms with Crippen molar-refractivity contribution >= 4 is 5.91 Å². The lowest BCUT2D eigenvalue weighted by Gasteiger charge is -2.24. The van der Waals surface area contributed by atoms with Crippen LogP contribution >= 0.6 is 0 Å². The van der Waals surface area contributed by atoms with Gasteiger partial charge in [0.1, 0.15) is 0 Å². The number of aliphatic hydroxyl groups is 1. The molecule has 2 atom stereocenters. The highest BCUT2D eigenvalue weighted by Gasteiger charge is 2.31. The van der Waals surface area contributed by atoms with Crippen molar-refractivity contribution in [1.29, 1.82) is 0 Å². The van der Waals surface area contributed by atoms with E-state index in [0.717, 1.165) is 39.1 Å². The summed E-state index contributed by atoms with van der Waals surface area (Å²) >= 11 is 0. The Kier molecular flexibility index (Phi) is 5.08. The summed E-state index contributed by atoms with van der Waals surface area (Å²) in [5.41, 5.74) is 1.32. The molecule has 0 aliphatic carbocycles. The van der Waals surface area contributed by atoms with Gasteiger partial charge in [-0.1, -0.05) is 30.3 Å². The van der Waals surface area contributed by atoms with Crippen LogP contribution in [0, 0.1) is 0 Å². The molecule has 22 heavy (non-hydrogen) atoms. The topological polar surface area (TPSA) is 55.8 Å². The highest BCUT2D eigenvalue weighted by molar-refractivity contribution is 5.82. The molecule has 1 aromatic carbocycles. The van der Waals surface area contributed by atoms with Gasteiger partial charge in [0.25, 0.3) is 0 Å². The largest absolute Gasteiger partial charge is 0.392 e. The van der Waals surface area contributed by atoms with Crippen molar-refractivity contribution in [3.05, 3.63) is 35.9 Å². The Hall–Kier alpha value is -1.43. The lowest BCUT2D eigenvalue weighted by molar-refractivity contribution is -0.133. The minimum Gasteiger partial charge on any atom is -0.392 e. The molecular formula is C17H25N3O2. The first kappa shape index (κ1) is 15.5. The molecule has 0 aromatic heterocycles. The van der Waals surface area contributed by atoms with Crippen molar-refractivity contribution in [2.75, 3.05) is 32.7 Å². The molecule has 2 unspecified atom stereocenters. The van der Waals surface area contributed by atoms with Gasteiger partial charge in [0, 0.05) is 39.3 Å². The third-order valence-corrected chi connectivity index (χ3v) is 4.55. The first-order chi connectivity index (χ1) is 10.7. The average molecular weight is 303 g/mol. The van der Waals surface area contributed by atoms with Gasteiger partial charge in [0.15, 0.2) is 0 Å². The molecule has 2 N–H and O–H groups in total. The molecule has 0 bridgehead atoms. The minimum atomic E-state index is -0.379. The molecule has 3 rings (SSSR count). The van der Waals surface area contributed by atoms with E-state index in [-0.39, 0.29) is 18.1 Å². The smallest absolute Gasteiger partial charge is 0.239 e. The first-order valence-corrected chi connectivity index (χ1v) is 8.19. The third-order valence-electron chi connectivity index (χ3n) is 4.55. The van der Waals surface area contributed by atoms with Crippen LogP contribution in [-0.2, 0) is 11.3 Å². The van der Waals surface area contributed by atoms with E-state index in [0.29, 0.717) is 13.0 Å². The van der Waals surface area contributed by atoms with Crippen LogP contribution in [-0.4, -0.2) is 65.7 Å². The van der Waals surface area contributed by atoms with Gasteiger partial charge in [0.05, 0.1) is 12.1 Å². The van der Waals surface area contributed by atoms with Gasteiger partial charge in [-0.3, -0.25) is 9.69 Å². The number of β-amino-alcohol motifs (C(OH)–C–C–N with tert-alkyl or cyclic N) is 1. The second-order valence-electron chi connectivity index (χ2n) is 6.29. The molecule has 5 heteroatoms. The van der Waals surface area contributed by atoms with Gasteiger partial charge in [-0.25, -0.2) is 0 Å². The predicted octanol–water partition coefficient (Wildman–Crippen LogP) is 0.444. The minimum absolute atomic E-state index is 0.151. The molecule has 0 radical (unpaired) electrons. The number of hydrogen-bond acceptors (Lipinski definition) is 4. The molecule has 5 nitrogen and oxygen atoms in total. The normalized spacial score (nSPS) is 26.9. The average Bonchev–Trinajstić information content (AvgIpc) is 2.83. The van der Waals surface area contributed by atoms with Crippen LogP contribution < -0.4 is 5.32 Å². The number of carbonyl (C=O) groups excluding carboxylic acids is 1. The summed E-state index contributed by atoms with van der Waals surface area (Å²) in [7, 11) is 0. The molecule has 2 fully saturated rings. The Morgan fingerprint density at radius 2 is 2.00 bits per heavy atom. The number of carbonyl (C=O) groups is 1. The zero-order chi connectivity index (χ0) is 15.4. The lowest BCUT2D eigenvalue weighted by Crippen LogP contribution is -2.45. The number of nitrogens with one attached hydrogen (secondary N) is 1. The number of hydrogen-bond donors (Lipinski definition) is 2. The number of rotatable bonds is 3. The number of amides is 1. The quantitative estimate of drug-likeness (QED) is 0.851. The Balaban J connectivity index is 1.52. The van der Waals surface area contributed by atoms with Crippen LogP contribution in [0.2, 0.25) is 0 Å². The summed E-state index contributed by atoms with van der Waals surface area (Å²) in [6.45, 7) is 5.02. The zero-order valence-corrected chi connectivity index (χ0v) is 12.9. The highest BCUT2D eigenvalue weighted by Crippen LogP contribution is 2.13. The summed E-state index contributed by atoms with van der Waals surface area (Å²) in [4.78, 5) is 16.9. The predicted molar refractivity (Wildman–Crippen MR) is 85.3 cm³/mol. The molecule has 0 spiro atoms. The molecule has 2 aliphatic rings. The molecule has 0 saturated carbocycles. The maximum atomic E-state index is 12.5. The van der Waals surface area contributed by atoms with Crippen molar-refractivity contribution in [2.45, 2.75) is 31.5 Å². The van der Waals surface area contributed by atoms with E-state index < -0.39 is 0 Å². The van der Waals surface area contributed by atoms with Crippen molar-refractivity contribution in [3.63, 3.8) is 0 Å². The van der Waals surface area contributed by atoms with E-state index in [9.17, 15) is 9.90 Å². The van der Waals surface area contributed by atoms with E-state index in [2.05, 4.69) is 34.5 Å². The summed E-state index contributed by atoms with van der Waals surface area (Å²) in [5, 5.41) is 12.7. The number of aliphatic hydroxyl groups excluding tert-OH is 1. The fourth-order valence-corrected chi connectivity index (χ4v) is 3.32. The zero-order valence-electron chi connectivity index (χ0n) is 12.9. The van der Waals surface area contributed by atoms with Crippen LogP contribution in [0.3, 0.4) is 0 Å². The third kappa shape index (κ3) is 3.85.